The lowest BCUT2D eigenvalue weighted by atomic mass is 10.1. The van der Waals surface area contributed by atoms with E-state index < -0.39 is 0 Å². The maximum atomic E-state index is 12.4. The van der Waals surface area contributed by atoms with Gasteiger partial charge in [0.1, 0.15) is 23.6 Å². The van der Waals surface area contributed by atoms with Crippen LogP contribution in [0.1, 0.15) is 16.1 Å². The van der Waals surface area contributed by atoms with Crippen LogP contribution < -0.4 is 10.1 Å². The third kappa shape index (κ3) is 4.67. The van der Waals surface area contributed by atoms with Crippen molar-refractivity contribution in [1.29, 1.82) is 0 Å². The highest BCUT2D eigenvalue weighted by atomic mass is 16.5. The molecule has 1 N–H and O–H groups in total. The first-order chi connectivity index (χ1) is 12.3. The first-order valence-corrected chi connectivity index (χ1v) is 8.32. The van der Waals surface area contributed by atoms with Crippen LogP contribution in [0.5, 0.6) is 5.75 Å². The number of carbonyl (C=O) groups is 1. The van der Waals surface area contributed by atoms with Gasteiger partial charge in [-0.3, -0.25) is 4.79 Å². The Morgan fingerprint density at radius 3 is 2.72 bits per heavy atom. The van der Waals surface area contributed by atoms with Crippen LogP contribution in [0.25, 0.3) is 0 Å². The maximum absolute atomic E-state index is 12.4. The van der Waals surface area contributed by atoms with Crippen molar-refractivity contribution >= 4 is 11.7 Å². The smallest absolute Gasteiger partial charge is 0.272 e. The van der Waals surface area contributed by atoms with Crippen molar-refractivity contribution < 1.29 is 14.3 Å². The Bertz CT molecular complexity index is 700. The molecule has 0 atom stereocenters. The van der Waals surface area contributed by atoms with Crippen molar-refractivity contribution in [3.05, 3.63) is 47.9 Å². The monoisotopic (exact) mass is 342 g/mol. The summed E-state index contributed by atoms with van der Waals surface area (Å²) in [5, 5.41) is 3.24. The molecule has 1 aromatic carbocycles. The van der Waals surface area contributed by atoms with Gasteiger partial charge in [-0.05, 0) is 24.1 Å². The molecule has 0 unspecified atom stereocenters. The Balaban J connectivity index is 1.54. The molecular formula is C18H22N4O3. The molecule has 1 fully saturated rings. The van der Waals surface area contributed by atoms with Gasteiger partial charge in [0.15, 0.2) is 0 Å². The van der Waals surface area contributed by atoms with E-state index in [0.29, 0.717) is 44.4 Å². The summed E-state index contributed by atoms with van der Waals surface area (Å²) < 4.78 is 10.4. The Hall–Kier alpha value is -2.67. The number of anilines is 1. The van der Waals surface area contributed by atoms with E-state index in [2.05, 4.69) is 15.3 Å². The van der Waals surface area contributed by atoms with Crippen molar-refractivity contribution in [2.75, 3.05) is 45.3 Å². The molecule has 0 radical (unpaired) electrons. The number of morpholine rings is 1. The van der Waals surface area contributed by atoms with Crippen LogP contribution in [0, 0.1) is 0 Å². The van der Waals surface area contributed by atoms with Crippen LogP contribution in [0.4, 0.5) is 5.82 Å². The summed E-state index contributed by atoms with van der Waals surface area (Å²) in [4.78, 5) is 22.5. The SMILES string of the molecule is COc1ccc(CCNc2cc(C(=O)N3CCOCC3)ncn2)cc1. The van der Waals surface area contributed by atoms with Gasteiger partial charge in [0.25, 0.3) is 5.91 Å². The molecular weight excluding hydrogens is 320 g/mol. The van der Waals surface area contributed by atoms with Gasteiger partial charge in [0, 0.05) is 25.7 Å². The summed E-state index contributed by atoms with van der Waals surface area (Å²) in [6, 6.07) is 9.66. The van der Waals surface area contributed by atoms with Crippen LogP contribution >= 0.6 is 0 Å². The summed E-state index contributed by atoms with van der Waals surface area (Å²) in [7, 11) is 1.65. The fourth-order valence-corrected chi connectivity index (χ4v) is 2.63. The molecule has 25 heavy (non-hydrogen) atoms. The van der Waals surface area contributed by atoms with E-state index in [4.69, 9.17) is 9.47 Å². The number of nitrogens with one attached hydrogen (secondary N) is 1. The van der Waals surface area contributed by atoms with E-state index >= 15 is 0 Å². The zero-order valence-electron chi connectivity index (χ0n) is 14.3. The van der Waals surface area contributed by atoms with Gasteiger partial charge in [0.2, 0.25) is 0 Å². The fourth-order valence-electron chi connectivity index (χ4n) is 2.63. The van der Waals surface area contributed by atoms with Gasteiger partial charge < -0.3 is 19.7 Å². The molecule has 0 aliphatic carbocycles. The van der Waals surface area contributed by atoms with Gasteiger partial charge in [-0.15, -0.1) is 0 Å². The highest BCUT2D eigenvalue weighted by molar-refractivity contribution is 5.92. The lowest BCUT2D eigenvalue weighted by Gasteiger charge is -2.26. The predicted octanol–water partition coefficient (Wildman–Crippen LogP) is 1.61. The molecule has 7 heteroatoms. The van der Waals surface area contributed by atoms with Crippen molar-refractivity contribution in [2.45, 2.75) is 6.42 Å². The summed E-state index contributed by atoms with van der Waals surface area (Å²) in [5.41, 5.74) is 1.61. The molecule has 0 saturated carbocycles. The molecule has 1 amide bonds. The number of hydrogen-bond acceptors (Lipinski definition) is 6. The standard InChI is InChI=1S/C18H22N4O3/c1-24-15-4-2-14(3-5-15)6-7-19-17-12-16(20-13-21-17)18(23)22-8-10-25-11-9-22/h2-5,12-13H,6-11H2,1H3,(H,19,20,21). The molecule has 1 aromatic heterocycles. The minimum atomic E-state index is -0.0797. The zero-order valence-corrected chi connectivity index (χ0v) is 14.3. The molecule has 7 nitrogen and oxygen atoms in total. The molecule has 2 aromatic rings. The number of methoxy groups -OCH3 is 1. The third-order valence-electron chi connectivity index (χ3n) is 4.06. The number of carbonyl (C=O) groups excluding carboxylic acids is 1. The van der Waals surface area contributed by atoms with E-state index in [-0.39, 0.29) is 5.91 Å². The maximum Gasteiger partial charge on any atom is 0.272 e. The van der Waals surface area contributed by atoms with Crippen molar-refractivity contribution in [2.24, 2.45) is 0 Å². The van der Waals surface area contributed by atoms with E-state index in [0.717, 1.165) is 12.2 Å². The number of nitrogens with zero attached hydrogens (tertiary/aromatic N) is 3. The second kappa shape index (κ2) is 8.43. The van der Waals surface area contributed by atoms with E-state index in [1.165, 1.54) is 11.9 Å². The number of amides is 1. The van der Waals surface area contributed by atoms with Crippen LogP contribution in [0.3, 0.4) is 0 Å². The highest BCUT2D eigenvalue weighted by Gasteiger charge is 2.19. The van der Waals surface area contributed by atoms with Crippen molar-refractivity contribution in [3.8, 4) is 5.75 Å². The van der Waals surface area contributed by atoms with Gasteiger partial charge in [-0.2, -0.15) is 0 Å². The van der Waals surface area contributed by atoms with Crippen molar-refractivity contribution in [3.63, 3.8) is 0 Å². The minimum Gasteiger partial charge on any atom is -0.497 e. The molecule has 1 aliphatic heterocycles. The minimum absolute atomic E-state index is 0.0797. The summed E-state index contributed by atoms with van der Waals surface area (Å²) >= 11 is 0. The molecule has 0 bridgehead atoms. The number of ether oxygens (including phenoxy) is 2. The molecule has 1 saturated heterocycles. The van der Waals surface area contributed by atoms with E-state index in [1.54, 1.807) is 18.1 Å². The van der Waals surface area contributed by atoms with E-state index in [1.807, 2.05) is 24.3 Å². The third-order valence-corrected chi connectivity index (χ3v) is 4.06. The molecule has 132 valence electrons. The lowest BCUT2D eigenvalue weighted by molar-refractivity contribution is 0.0299. The van der Waals surface area contributed by atoms with Crippen LogP contribution in [-0.4, -0.2) is 60.7 Å². The number of rotatable bonds is 6. The topological polar surface area (TPSA) is 76.6 Å². The Kier molecular flexibility index (Phi) is 5.79. The van der Waals surface area contributed by atoms with Crippen molar-refractivity contribution in [1.82, 2.24) is 14.9 Å². The zero-order chi connectivity index (χ0) is 17.5. The molecule has 1 aliphatic rings. The fraction of sp³-hybridized carbons (Fsp3) is 0.389. The first-order valence-electron chi connectivity index (χ1n) is 8.32. The Morgan fingerprint density at radius 2 is 2.00 bits per heavy atom. The second-order valence-electron chi connectivity index (χ2n) is 5.72. The molecule has 0 spiro atoms. The van der Waals surface area contributed by atoms with Gasteiger partial charge >= 0.3 is 0 Å². The first kappa shape index (κ1) is 17.2. The van der Waals surface area contributed by atoms with Crippen LogP contribution in [-0.2, 0) is 11.2 Å². The highest BCUT2D eigenvalue weighted by Crippen LogP contribution is 2.12. The molecule has 2 heterocycles. The lowest BCUT2D eigenvalue weighted by Crippen LogP contribution is -2.41. The predicted molar refractivity (Wildman–Crippen MR) is 93.9 cm³/mol. The molecule has 3 rings (SSSR count). The average molecular weight is 342 g/mol. The number of aromatic nitrogens is 2. The van der Waals surface area contributed by atoms with Gasteiger partial charge in [0.05, 0.1) is 20.3 Å². The van der Waals surface area contributed by atoms with E-state index in [9.17, 15) is 4.79 Å². The van der Waals surface area contributed by atoms with Crippen LogP contribution in [0.2, 0.25) is 0 Å². The number of hydrogen-bond donors (Lipinski definition) is 1. The second-order valence-corrected chi connectivity index (χ2v) is 5.72. The van der Waals surface area contributed by atoms with Gasteiger partial charge in [-0.1, -0.05) is 12.1 Å². The quantitative estimate of drug-likeness (QED) is 0.859. The average Bonchev–Trinajstić information content (AvgIpc) is 2.69. The summed E-state index contributed by atoms with van der Waals surface area (Å²) in [6.45, 7) is 3.06. The summed E-state index contributed by atoms with van der Waals surface area (Å²) in [5.74, 6) is 1.42. The van der Waals surface area contributed by atoms with Crippen LogP contribution in [0.15, 0.2) is 36.7 Å². The normalized spacial score (nSPS) is 14.2. The number of benzene rings is 1. The van der Waals surface area contributed by atoms with Gasteiger partial charge in [-0.25, -0.2) is 9.97 Å². The Labute approximate surface area is 147 Å². The largest absolute Gasteiger partial charge is 0.497 e. The Morgan fingerprint density at radius 1 is 1.24 bits per heavy atom. The summed E-state index contributed by atoms with van der Waals surface area (Å²) in [6.07, 6.45) is 2.27.